The van der Waals surface area contributed by atoms with Crippen molar-refractivity contribution in [2.24, 2.45) is 0 Å². The van der Waals surface area contributed by atoms with E-state index in [4.69, 9.17) is 24.1 Å². The molecular formula is C30H43N5O6. The molecule has 1 aromatic heterocycles. The molecule has 3 rings (SSSR count). The lowest BCUT2D eigenvalue weighted by Gasteiger charge is -2.20. The van der Waals surface area contributed by atoms with Crippen molar-refractivity contribution >= 4 is 5.91 Å². The van der Waals surface area contributed by atoms with E-state index >= 15 is 0 Å². The maximum absolute atomic E-state index is 13.4. The second-order valence-corrected chi connectivity index (χ2v) is 9.80. The summed E-state index contributed by atoms with van der Waals surface area (Å²) in [6, 6.07) is 13.2. The van der Waals surface area contributed by atoms with Crippen molar-refractivity contribution in [1.82, 2.24) is 24.7 Å². The minimum Gasteiger partial charge on any atom is -0.497 e. The third-order valence-electron chi connectivity index (χ3n) is 5.76. The van der Waals surface area contributed by atoms with Gasteiger partial charge in [0, 0.05) is 32.7 Å². The molecule has 0 unspecified atom stereocenters. The number of nitrogens with zero attached hydrogens (tertiary/aromatic N) is 5. The number of aromatic nitrogens is 2. The number of aliphatic hydroxyl groups excluding tert-OH is 1. The average Bonchev–Trinajstić information content (AvgIpc) is 2.94. The van der Waals surface area contributed by atoms with E-state index in [0.717, 1.165) is 17.7 Å². The van der Waals surface area contributed by atoms with E-state index in [-0.39, 0.29) is 30.0 Å². The molecule has 0 aliphatic heterocycles. The zero-order chi connectivity index (χ0) is 30.4. The molecule has 0 radical (unpaired) electrons. The van der Waals surface area contributed by atoms with Gasteiger partial charge in [-0.05, 0) is 64.4 Å². The van der Waals surface area contributed by atoms with Crippen LogP contribution in [-0.4, -0.2) is 111 Å². The number of methoxy groups -OCH3 is 2. The summed E-state index contributed by atoms with van der Waals surface area (Å²) in [6.07, 6.45) is 1.44. The maximum atomic E-state index is 13.4. The number of rotatable bonds is 13. The van der Waals surface area contributed by atoms with Crippen LogP contribution in [0.2, 0.25) is 0 Å². The third-order valence-corrected chi connectivity index (χ3v) is 5.76. The van der Waals surface area contributed by atoms with E-state index in [0.29, 0.717) is 36.9 Å². The summed E-state index contributed by atoms with van der Waals surface area (Å²) in [6.45, 7) is 4.37. The molecule has 11 nitrogen and oxygen atoms in total. The number of aryl methyl sites for hydroxylation is 1. The standard InChI is InChI=1S/C26H32N4O5.C4H11NO/c1-18-9-7-8-10-23(18)35-24-22(16-27-26(28-24)34-12-11-29(2)3)25(31)30(4)17-19-13-20(32-5)15-21(14-19)33-6;1-5(2)3-4-6/h7-10,13-16H,11-12,17H2,1-6H3;6H,3-4H2,1-2H3. The Morgan fingerprint density at radius 1 is 0.927 bits per heavy atom. The predicted octanol–water partition coefficient (Wildman–Crippen LogP) is 3.35. The van der Waals surface area contributed by atoms with Gasteiger partial charge in [0.05, 0.1) is 27.0 Å². The lowest BCUT2D eigenvalue weighted by Crippen LogP contribution is -2.27. The smallest absolute Gasteiger partial charge is 0.319 e. The minimum absolute atomic E-state index is 0.134. The molecule has 1 amide bonds. The number of hydrogen-bond donors (Lipinski definition) is 1. The predicted molar refractivity (Wildman–Crippen MR) is 158 cm³/mol. The van der Waals surface area contributed by atoms with E-state index < -0.39 is 0 Å². The number of ether oxygens (including phenoxy) is 4. The van der Waals surface area contributed by atoms with Crippen molar-refractivity contribution in [3.63, 3.8) is 0 Å². The number of hydrogen-bond acceptors (Lipinski definition) is 10. The van der Waals surface area contributed by atoms with Gasteiger partial charge in [-0.1, -0.05) is 18.2 Å². The molecule has 0 bridgehead atoms. The van der Waals surface area contributed by atoms with Crippen LogP contribution < -0.4 is 18.9 Å². The fourth-order valence-corrected chi connectivity index (χ4v) is 3.45. The zero-order valence-electron chi connectivity index (χ0n) is 25.4. The number of aliphatic hydroxyl groups is 1. The summed E-state index contributed by atoms with van der Waals surface area (Å²) >= 11 is 0. The van der Waals surface area contributed by atoms with Crippen molar-refractivity contribution in [2.75, 3.05) is 75.8 Å². The molecule has 41 heavy (non-hydrogen) atoms. The van der Waals surface area contributed by atoms with Crippen LogP contribution in [0.3, 0.4) is 0 Å². The first-order valence-electron chi connectivity index (χ1n) is 13.2. The number of para-hydroxylation sites is 1. The highest BCUT2D eigenvalue weighted by molar-refractivity contribution is 5.96. The lowest BCUT2D eigenvalue weighted by atomic mass is 10.1. The monoisotopic (exact) mass is 569 g/mol. The Hall–Kier alpha value is -3.93. The quantitative estimate of drug-likeness (QED) is 0.329. The summed E-state index contributed by atoms with van der Waals surface area (Å²) in [5.74, 6) is 1.72. The number of benzene rings is 2. The van der Waals surface area contributed by atoms with Crippen LogP contribution in [0.25, 0.3) is 0 Å². The van der Waals surface area contributed by atoms with Gasteiger partial charge in [-0.2, -0.15) is 4.98 Å². The van der Waals surface area contributed by atoms with Gasteiger partial charge in [-0.25, -0.2) is 4.98 Å². The SMILES string of the molecule is CN(C)CCO.COc1cc(CN(C)C(=O)c2cnc(OCCN(C)C)nc2Oc2ccccc2C)cc(OC)c1. The Labute approximate surface area is 243 Å². The first-order valence-corrected chi connectivity index (χ1v) is 13.2. The molecule has 11 heteroatoms. The van der Waals surface area contributed by atoms with Crippen LogP contribution in [0.4, 0.5) is 0 Å². The van der Waals surface area contributed by atoms with Gasteiger partial charge in [0.2, 0.25) is 5.88 Å². The fraction of sp³-hybridized carbons (Fsp3) is 0.433. The Bertz CT molecular complexity index is 1220. The number of likely N-dealkylation sites (N-methyl/N-ethyl adjacent to an activating group) is 2. The van der Waals surface area contributed by atoms with Gasteiger partial charge in [-0.3, -0.25) is 4.79 Å². The van der Waals surface area contributed by atoms with Gasteiger partial charge >= 0.3 is 6.01 Å². The maximum Gasteiger partial charge on any atom is 0.319 e. The summed E-state index contributed by atoms with van der Waals surface area (Å²) in [4.78, 5) is 27.6. The molecular weight excluding hydrogens is 526 g/mol. The minimum atomic E-state index is -0.296. The largest absolute Gasteiger partial charge is 0.497 e. The molecule has 0 aliphatic carbocycles. The highest BCUT2D eigenvalue weighted by atomic mass is 16.5. The molecule has 3 aromatic rings. The van der Waals surface area contributed by atoms with Crippen molar-refractivity contribution in [1.29, 1.82) is 0 Å². The van der Waals surface area contributed by atoms with Crippen LogP contribution in [0.1, 0.15) is 21.5 Å². The van der Waals surface area contributed by atoms with Gasteiger partial charge in [0.1, 0.15) is 29.4 Å². The second kappa shape index (κ2) is 17.0. The zero-order valence-corrected chi connectivity index (χ0v) is 25.4. The normalized spacial score (nSPS) is 10.6. The van der Waals surface area contributed by atoms with Crippen LogP contribution in [-0.2, 0) is 6.54 Å². The Morgan fingerprint density at radius 3 is 2.10 bits per heavy atom. The number of carbonyl (C=O) groups excluding carboxylic acids is 1. The van der Waals surface area contributed by atoms with Gasteiger partial charge < -0.3 is 38.8 Å². The Kier molecular flexibility index (Phi) is 13.8. The van der Waals surface area contributed by atoms with Crippen LogP contribution in [0.15, 0.2) is 48.7 Å². The van der Waals surface area contributed by atoms with Gasteiger partial charge in [0.25, 0.3) is 5.91 Å². The molecule has 0 saturated carbocycles. The van der Waals surface area contributed by atoms with E-state index in [2.05, 4.69) is 9.97 Å². The first kappa shape index (κ1) is 33.3. The lowest BCUT2D eigenvalue weighted by molar-refractivity contribution is 0.0780. The van der Waals surface area contributed by atoms with Crippen LogP contribution >= 0.6 is 0 Å². The van der Waals surface area contributed by atoms with Gasteiger partial charge in [-0.15, -0.1) is 0 Å². The summed E-state index contributed by atoms with van der Waals surface area (Å²) in [5, 5.41) is 8.20. The number of amides is 1. The van der Waals surface area contributed by atoms with Crippen molar-refractivity contribution in [2.45, 2.75) is 13.5 Å². The fourth-order valence-electron chi connectivity index (χ4n) is 3.45. The molecule has 0 saturated heterocycles. The Morgan fingerprint density at radius 2 is 1.56 bits per heavy atom. The van der Waals surface area contributed by atoms with E-state index in [1.165, 1.54) is 6.20 Å². The number of carbonyl (C=O) groups is 1. The molecule has 224 valence electrons. The highest BCUT2D eigenvalue weighted by Crippen LogP contribution is 2.29. The van der Waals surface area contributed by atoms with Crippen molar-refractivity contribution < 1.29 is 28.8 Å². The molecule has 1 N–H and O–H groups in total. The van der Waals surface area contributed by atoms with Crippen LogP contribution in [0, 0.1) is 6.92 Å². The molecule has 0 atom stereocenters. The Balaban J connectivity index is 0.000000883. The average molecular weight is 570 g/mol. The topological polar surface area (TPSA) is 110 Å². The van der Waals surface area contributed by atoms with Crippen LogP contribution in [0.5, 0.6) is 29.1 Å². The second-order valence-electron chi connectivity index (χ2n) is 9.80. The molecule has 2 aromatic carbocycles. The van der Waals surface area contributed by atoms with Crippen molar-refractivity contribution in [3.05, 3.63) is 65.4 Å². The first-order chi connectivity index (χ1) is 19.6. The highest BCUT2D eigenvalue weighted by Gasteiger charge is 2.22. The van der Waals surface area contributed by atoms with Crippen molar-refractivity contribution in [3.8, 4) is 29.1 Å². The van der Waals surface area contributed by atoms with Gasteiger partial charge in [0.15, 0.2) is 0 Å². The molecule has 0 spiro atoms. The van der Waals surface area contributed by atoms with E-state index in [1.54, 1.807) is 32.2 Å². The molecule has 0 fully saturated rings. The molecule has 1 heterocycles. The summed E-state index contributed by atoms with van der Waals surface area (Å²) in [5.41, 5.74) is 1.99. The summed E-state index contributed by atoms with van der Waals surface area (Å²) < 4.78 is 22.4. The van der Waals surface area contributed by atoms with E-state index in [1.807, 2.05) is 81.3 Å². The van der Waals surface area contributed by atoms with E-state index in [9.17, 15) is 4.79 Å². The summed E-state index contributed by atoms with van der Waals surface area (Å²) in [7, 11) is 12.6. The third kappa shape index (κ3) is 11.2. The molecule has 0 aliphatic rings.